The van der Waals surface area contributed by atoms with E-state index in [1.54, 1.807) is 0 Å². The van der Waals surface area contributed by atoms with Crippen LogP contribution in [0, 0.1) is 0 Å². The maximum atomic E-state index is 9.90. The Morgan fingerprint density at radius 3 is 2.53 bits per heavy atom. The molecule has 2 rings (SSSR count). The summed E-state index contributed by atoms with van der Waals surface area (Å²) in [6, 6.07) is 0. The fraction of sp³-hybridized carbons (Fsp3) is 1.00. The summed E-state index contributed by atoms with van der Waals surface area (Å²) in [6.07, 6.45) is 10.1. The largest absolute Gasteiger partial charge is 0.389 e. The number of aliphatic hydroxyl groups is 1. The molecular formula is C14H27NO2. The Morgan fingerprint density at radius 1 is 1.24 bits per heavy atom. The molecule has 0 aromatic carbocycles. The van der Waals surface area contributed by atoms with E-state index in [0.29, 0.717) is 19.3 Å². The van der Waals surface area contributed by atoms with Gasteiger partial charge in [-0.25, -0.2) is 0 Å². The summed E-state index contributed by atoms with van der Waals surface area (Å²) >= 11 is 0. The monoisotopic (exact) mass is 241 g/mol. The third kappa shape index (κ3) is 4.23. The number of hydrogen-bond donors (Lipinski definition) is 2. The molecule has 2 saturated carbocycles. The van der Waals surface area contributed by atoms with Gasteiger partial charge < -0.3 is 15.2 Å². The van der Waals surface area contributed by atoms with E-state index in [1.807, 2.05) is 0 Å². The van der Waals surface area contributed by atoms with Gasteiger partial charge in [0.2, 0.25) is 0 Å². The molecule has 0 saturated heterocycles. The SMILES string of the molecule is CC1(NCC(O)COC2CCCC2)CCCC1. The molecule has 2 N–H and O–H groups in total. The highest BCUT2D eigenvalue weighted by Crippen LogP contribution is 2.28. The van der Waals surface area contributed by atoms with Gasteiger partial charge in [0, 0.05) is 12.1 Å². The first-order chi connectivity index (χ1) is 8.18. The highest BCUT2D eigenvalue weighted by molar-refractivity contribution is 4.88. The average molecular weight is 241 g/mol. The van der Waals surface area contributed by atoms with Crippen LogP contribution in [0.25, 0.3) is 0 Å². The van der Waals surface area contributed by atoms with Gasteiger partial charge >= 0.3 is 0 Å². The molecule has 100 valence electrons. The van der Waals surface area contributed by atoms with Crippen molar-refractivity contribution in [2.45, 2.75) is 76.0 Å². The van der Waals surface area contributed by atoms with Crippen LogP contribution in [-0.4, -0.2) is 36.0 Å². The molecule has 0 bridgehead atoms. The maximum absolute atomic E-state index is 9.90. The molecular weight excluding hydrogens is 214 g/mol. The first-order valence-electron chi connectivity index (χ1n) is 7.23. The Morgan fingerprint density at radius 2 is 1.88 bits per heavy atom. The highest BCUT2D eigenvalue weighted by Gasteiger charge is 2.28. The van der Waals surface area contributed by atoms with E-state index in [0.717, 1.165) is 0 Å². The summed E-state index contributed by atoms with van der Waals surface area (Å²) in [7, 11) is 0. The molecule has 3 heteroatoms. The number of ether oxygens (including phenoxy) is 1. The zero-order valence-electron chi connectivity index (χ0n) is 11.1. The average Bonchev–Trinajstić information content (AvgIpc) is 2.95. The first kappa shape index (κ1) is 13.3. The Balaban J connectivity index is 1.58. The fourth-order valence-electron chi connectivity index (χ4n) is 3.06. The van der Waals surface area contributed by atoms with Gasteiger partial charge in [-0.05, 0) is 32.6 Å². The standard InChI is InChI=1S/C14H27NO2/c1-14(8-4-5-9-14)15-10-12(16)11-17-13-6-2-3-7-13/h12-13,15-16H,2-11H2,1H3. The molecule has 0 spiro atoms. The molecule has 0 amide bonds. The molecule has 3 nitrogen and oxygen atoms in total. The Kier molecular flexibility index (Phi) is 4.83. The van der Waals surface area contributed by atoms with Crippen LogP contribution in [0.2, 0.25) is 0 Å². The summed E-state index contributed by atoms with van der Waals surface area (Å²) in [5, 5.41) is 13.4. The third-order valence-electron chi connectivity index (χ3n) is 4.30. The van der Waals surface area contributed by atoms with Crippen LogP contribution < -0.4 is 5.32 Å². The van der Waals surface area contributed by atoms with E-state index in [-0.39, 0.29) is 11.6 Å². The zero-order valence-corrected chi connectivity index (χ0v) is 11.1. The number of rotatable bonds is 6. The van der Waals surface area contributed by atoms with Crippen molar-refractivity contribution in [3.63, 3.8) is 0 Å². The summed E-state index contributed by atoms with van der Waals surface area (Å²) in [4.78, 5) is 0. The van der Waals surface area contributed by atoms with Gasteiger partial charge in [-0.1, -0.05) is 25.7 Å². The quantitative estimate of drug-likeness (QED) is 0.749. The summed E-state index contributed by atoms with van der Waals surface area (Å²) in [5.41, 5.74) is 0.258. The number of β-amino-alcohol motifs (C(OH)–C–C–N with tert-alkyl or cyclic N) is 1. The summed E-state index contributed by atoms with van der Waals surface area (Å²) < 4.78 is 5.72. The van der Waals surface area contributed by atoms with E-state index in [1.165, 1.54) is 51.4 Å². The molecule has 2 aliphatic rings. The highest BCUT2D eigenvalue weighted by atomic mass is 16.5. The Bertz CT molecular complexity index is 220. The van der Waals surface area contributed by atoms with Crippen LogP contribution in [0.4, 0.5) is 0 Å². The van der Waals surface area contributed by atoms with Crippen LogP contribution in [0.1, 0.15) is 58.3 Å². The van der Waals surface area contributed by atoms with E-state index in [9.17, 15) is 5.11 Å². The minimum Gasteiger partial charge on any atom is -0.389 e. The molecule has 0 radical (unpaired) electrons. The normalized spacial score (nSPS) is 26.5. The number of aliphatic hydroxyl groups excluding tert-OH is 1. The summed E-state index contributed by atoms with van der Waals surface area (Å²) in [6.45, 7) is 3.43. The van der Waals surface area contributed by atoms with E-state index in [4.69, 9.17) is 4.74 Å². The molecule has 2 fully saturated rings. The predicted molar refractivity (Wildman–Crippen MR) is 69.1 cm³/mol. The molecule has 0 heterocycles. The lowest BCUT2D eigenvalue weighted by Crippen LogP contribution is -2.44. The minimum absolute atomic E-state index is 0.258. The molecule has 0 aromatic heterocycles. The fourth-order valence-corrected chi connectivity index (χ4v) is 3.06. The molecule has 1 unspecified atom stereocenters. The molecule has 0 aliphatic heterocycles. The first-order valence-corrected chi connectivity index (χ1v) is 7.23. The predicted octanol–water partition coefficient (Wildman–Crippen LogP) is 2.23. The Labute approximate surface area is 105 Å². The van der Waals surface area contributed by atoms with Crippen molar-refractivity contribution < 1.29 is 9.84 Å². The van der Waals surface area contributed by atoms with Gasteiger partial charge in [0.25, 0.3) is 0 Å². The van der Waals surface area contributed by atoms with Crippen molar-refractivity contribution in [1.82, 2.24) is 5.32 Å². The summed E-state index contributed by atoms with van der Waals surface area (Å²) in [5.74, 6) is 0. The van der Waals surface area contributed by atoms with Crippen LogP contribution in [0.15, 0.2) is 0 Å². The lowest BCUT2D eigenvalue weighted by atomic mass is 10.0. The third-order valence-corrected chi connectivity index (χ3v) is 4.30. The second-order valence-electron chi connectivity index (χ2n) is 6.04. The van der Waals surface area contributed by atoms with Crippen molar-refractivity contribution in [2.24, 2.45) is 0 Å². The topological polar surface area (TPSA) is 41.5 Å². The lowest BCUT2D eigenvalue weighted by molar-refractivity contribution is -0.00763. The van der Waals surface area contributed by atoms with E-state index < -0.39 is 0 Å². The smallest absolute Gasteiger partial charge is 0.0898 e. The number of hydrogen-bond acceptors (Lipinski definition) is 3. The van der Waals surface area contributed by atoms with Gasteiger partial charge in [-0.15, -0.1) is 0 Å². The van der Waals surface area contributed by atoms with Crippen molar-refractivity contribution >= 4 is 0 Å². The molecule has 2 aliphatic carbocycles. The van der Waals surface area contributed by atoms with Crippen LogP contribution in [0.3, 0.4) is 0 Å². The van der Waals surface area contributed by atoms with Gasteiger partial charge in [-0.3, -0.25) is 0 Å². The van der Waals surface area contributed by atoms with Crippen LogP contribution >= 0.6 is 0 Å². The van der Waals surface area contributed by atoms with Crippen molar-refractivity contribution in [2.75, 3.05) is 13.2 Å². The lowest BCUT2D eigenvalue weighted by Gasteiger charge is -2.27. The van der Waals surface area contributed by atoms with Gasteiger partial charge in [0.15, 0.2) is 0 Å². The number of nitrogens with one attached hydrogen (secondary N) is 1. The van der Waals surface area contributed by atoms with Crippen molar-refractivity contribution in [1.29, 1.82) is 0 Å². The molecule has 17 heavy (non-hydrogen) atoms. The van der Waals surface area contributed by atoms with Gasteiger partial charge in [0.1, 0.15) is 0 Å². The Hall–Kier alpha value is -0.120. The molecule has 0 aromatic rings. The van der Waals surface area contributed by atoms with Crippen molar-refractivity contribution in [3.05, 3.63) is 0 Å². The van der Waals surface area contributed by atoms with Gasteiger partial charge in [-0.2, -0.15) is 0 Å². The van der Waals surface area contributed by atoms with Crippen molar-refractivity contribution in [3.8, 4) is 0 Å². The molecule has 1 atom stereocenters. The van der Waals surface area contributed by atoms with E-state index in [2.05, 4.69) is 12.2 Å². The van der Waals surface area contributed by atoms with Crippen LogP contribution in [0.5, 0.6) is 0 Å². The second kappa shape index (κ2) is 6.17. The van der Waals surface area contributed by atoms with E-state index >= 15 is 0 Å². The minimum atomic E-state index is -0.354. The second-order valence-corrected chi connectivity index (χ2v) is 6.04. The zero-order chi connectivity index (χ0) is 12.1. The van der Waals surface area contributed by atoms with Crippen LogP contribution in [-0.2, 0) is 4.74 Å². The van der Waals surface area contributed by atoms with Gasteiger partial charge in [0.05, 0.1) is 18.8 Å². The maximum Gasteiger partial charge on any atom is 0.0898 e.